The van der Waals surface area contributed by atoms with Gasteiger partial charge in [0.2, 0.25) is 0 Å². The Bertz CT molecular complexity index is 1190. The van der Waals surface area contributed by atoms with Gasteiger partial charge in [0.15, 0.2) is 0 Å². The Morgan fingerprint density at radius 2 is 1.79 bits per heavy atom. The van der Waals surface area contributed by atoms with E-state index >= 15 is 0 Å². The van der Waals surface area contributed by atoms with Gasteiger partial charge in [-0.2, -0.15) is 5.10 Å². The zero-order valence-electron chi connectivity index (χ0n) is 17.0. The summed E-state index contributed by atoms with van der Waals surface area (Å²) in [5.74, 6) is 0. The number of aromatic amines is 1. The molecule has 142 valence electrons. The molecule has 2 N–H and O–H groups in total. The van der Waals surface area contributed by atoms with Gasteiger partial charge in [0.05, 0.1) is 17.1 Å². The molecule has 3 heterocycles. The summed E-state index contributed by atoms with van der Waals surface area (Å²) in [5.41, 5.74) is 12.6. The molecule has 0 atom stereocenters. The number of nitrogens with zero attached hydrogens (tertiary/aromatic N) is 2. The van der Waals surface area contributed by atoms with Crippen molar-refractivity contribution in [3.05, 3.63) is 70.0 Å². The van der Waals surface area contributed by atoms with Crippen LogP contribution in [0.4, 0.5) is 0 Å². The number of aryl methyl sites for hydroxylation is 4. The van der Waals surface area contributed by atoms with Crippen molar-refractivity contribution in [1.82, 2.24) is 20.1 Å². The van der Waals surface area contributed by atoms with Gasteiger partial charge < -0.3 is 10.3 Å². The van der Waals surface area contributed by atoms with E-state index in [1.165, 1.54) is 61.4 Å². The zero-order chi connectivity index (χ0) is 19.4. The molecule has 0 saturated heterocycles. The smallest absolute Gasteiger partial charge is 0.0796 e. The molecule has 0 radical (unpaired) electrons. The van der Waals surface area contributed by atoms with Crippen molar-refractivity contribution in [2.24, 2.45) is 0 Å². The average Bonchev–Trinajstić information content (AvgIpc) is 3.30. The van der Waals surface area contributed by atoms with E-state index in [0.717, 1.165) is 19.5 Å². The predicted molar refractivity (Wildman–Crippen MR) is 115 cm³/mol. The third-order valence-corrected chi connectivity index (χ3v) is 6.18. The van der Waals surface area contributed by atoms with Crippen LogP contribution in [0.5, 0.6) is 0 Å². The SMILES string of the molecule is Cc1cccc(C)c1-n1nc2c(c1-c1cc(C)c(C)c3[nH]ccc13)CNCC2. The number of hydrogen-bond donors (Lipinski definition) is 2. The second-order valence-corrected chi connectivity index (χ2v) is 7.99. The van der Waals surface area contributed by atoms with E-state index in [9.17, 15) is 0 Å². The highest BCUT2D eigenvalue weighted by atomic mass is 15.3. The predicted octanol–water partition coefficient (Wildman–Crippen LogP) is 4.90. The number of nitrogens with one attached hydrogen (secondary N) is 2. The van der Waals surface area contributed by atoms with Crippen LogP contribution in [-0.2, 0) is 13.0 Å². The van der Waals surface area contributed by atoms with Crippen LogP contribution in [0.2, 0.25) is 0 Å². The van der Waals surface area contributed by atoms with E-state index < -0.39 is 0 Å². The fourth-order valence-corrected chi connectivity index (χ4v) is 4.58. The molecule has 0 unspecified atom stereocenters. The van der Waals surface area contributed by atoms with E-state index in [4.69, 9.17) is 5.10 Å². The summed E-state index contributed by atoms with van der Waals surface area (Å²) in [6.45, 7) is 10.6. The number of para-hydroxylation sites is 1. The van der Waals surface area contributed by atoms with Gasteiger partial charge in [-0.05, 0) is 62.1 Å². The maximum absolute atomic E-state index is 5.13. The largest absolute Gasteiger partial charge is 0.361 e. The lowest BCUT2D eigenvalue weighted by atomic mass is 9.95. The van der Waals surface area contributed by atoms with Gasteiger partial charge in [-0.25, -0.2) is 4.68 Å². The Hall–Kier alpha value is -2.85. The maximum Gasteiger partial charge on any atom is 0.0796 e. The molecule has 4 heteroatoms. The van der Waals surface area contributed by atoms with E-state index in [2.05, 4.69) is 73.0 Å². The highest BCUT2D eigenvalue weighted by molar-refractivity contribution is 5.98. The van der Waals surface area contributed by atoms with Gasteiger partial charge in [0.25, 0.3) is 0 Å². The van der Waals surface area contributed by atoms with Crippen LogP contribution in [-0.4, -0.2) is 21.3 Å². The molecule has 4 nitrogen and oxygen atoms in total. The Labute approximate surface area is 165 Å². The number of aromatic nitrogens is 3. The first-order chi connectivity index (χ1) is 13.6. The van der Waals surface area contributed by atoms with Crippen LogP contribution >= 0.6 is 0 Å². The highest BCUT2D eigenvalue weighted by Crippen LogP contribution is 2.38. The van der Waals surface area contributed by atoms with Crippen LogP contribution in [0.25, 0.3) is 27.8 Å². The van der Waals surface area contributed by atoms with Crippen molar-refractivity contribution in [2.75, 3.05) is 6.54 Å². The van der Waals surface area contributed by atoms with Crippen molar-refractivity contribution >= 4 is 10.9 Å². The summed E-state index contributed by atoms with van der Waals surface area (Å²) in [4.78, 5) is 3.45. The standard InChI is InChI=1S/C24H26N4/c1-14-6-5-7-15(2)23(14)28-24(20-13-25-10-9-21(20)27-28)19-12-16(3)17(4)22-18(19)8-11-26-22/h5-8,11-12,25-26H,9-10,13H2,1-4H3. The van der Waals surface area contributed by atoms with E-state index in [1.807, 2.05) is 6.20 Å². The quantitative estimate of drug-likeness (QED) is 0.527. The lowest BCUT2D eigenvalue weighted by Gasteiger charge is -2.17. The Morgan fingerprint density at radius 1 is 1.00 bits per heavy atom. The zero-order valence-corrected chi connectivity index (χ0v) is 17.0. The van der Waals surface area contributed by atoms with Crippen molar-refractivity contribution < 1.29 is 0 Å². The summed E-state index contributed by atoms with van der Waals surface area (Å²) in [6.07, 6.45) is 3.02. The average molecular weight is 371 g/mol. The van der Waals surface area contributed by atoms with Gasteiger partial charge in [-0.1, -0.05) is 18.2 Å². The van der Waals surface area contributed by atoms with Crippen LogP contribution in [0.3, 0.4) is 0 Å². The first kappa shape index (κ1) is 17.3. The fraction of sp³-hybridized carbons (Fsp3) is 0.292. The van der Waals surface area contributed by atoms with E-state index in [0.29, 0.717) is 0 Å². The maximum atomic E-state index is 5.13. The summed E-state index contributed by atoms with van der Waals surface area (Å²) in [6, 6.07) is 11.0. The third-order valence-electron chi connectivity index (χ3n) is 6.18. The lowest BCUT2D eigenvalue weighted by Crippen LogP contribution is -2.23. The Kier molecular flexibility index (Phi) is 3.91. The second kappa shape index (κ2) is 6.35. The molecule has 2 aromatic heterocycles. The van der Waals surface area contributed by atoms with E-state index in [-0.39, 0.29) is 0 Å². The minimum absolute atomic E-state index is 0.869. The summed E-state index contributed by atoms with van der Waals surface area (Å²) < 4.78 is 2.21. The Balaban J connectivity index is 1.90. The molecule has 28 heavy (non-hydrogen) atoms. The second-order valence-electron chi connectivity index (χ2n) is 7.99. The third kappa shape index (κ3) is 2.45. The topological polar surface area (TPSA) is 45.6 Å². The summed E-state index contributed by atoms with van der Waals surface area (Å²) in [7, 11) is 0. The first-order valence-corrected chi connectivity index (χ1v) is 10.0. The van der Waals surface area contributed by atoms with Crippen molar-refractivity contribution in [1.29, 1.82) is 0 Å². The lowest BCUT2D eigenvalue weighted by molar-refractivity contribution is 0.635. The van der Waals surface area contributed by atoms with Crippen LogP contribution in [0, 0.1) is 27.7 Å². The minimum Gasteiger partial charge on any atom is -0.361 e. The number of fused-ring (bicyclic) bond motifs is 2. The van der Waals surface area contributed by atoms with Crippen molar-refractivity contribution in [2.45, 2.75) is 40.7 Å². The molecule has 0 bridgehead atoms. The molecule has 5 rings (SSSR count). The molecule has 2 aromatic carbocycles. The van der Waals surface area contributed by atoms with Gasteiger partial charge in [-0.3, -0.25) is 0 Å². The number of hydrogen-bond acceptors (Lipinski definition) is 2. The fourth-order valence-electron chi connectivity index (χ4n) is 4.58. The van der Waals surface area contributed by atoms with E-state index in [1.54, 1.807) is 0 Å². The van der Waals surface area contributed by atoms with Gasteiger partial charge in [0.1, 0.15) is 0 Å². The molecule has 0 spiro atoms. The number of rotatable bonds is 2. The molecule has 1 aliphatic rings. The monoisotopic (exact) mass is 370 g/mol. The van der Waals surface area contributed by atoms with Gasteiger partial charge in [0, 0.05) is 47.7 Å². The van der Waals surface area contributed by atoms with Crippen molar-refractivity contribution in [3.8, 4) is 16.9 Å². The molecule has 0 fully saturated rings. The van der Waals surface area contributed by atoms with Gasteiger partial charge >= 0.3 is 0 Å². The highest BCUT2D eigenvalue weighted by Gasteiger charge is 2.25. The summed E-state index contributed by atoms with van der Waals surface area (Å²) in [5, 5.41) is 9.95. The Morgan fingerprint density at radius 3 is 2.57 bits per heavy atom. The molecular formula is C24H26N4. The van der Waals surface area contributed by atoms with Crippen molar-refractivity contribution in [3.63, 3.8) is 0 Å². The normalized spacial score (nSPS) is 13.9. The number of benzene rings is 2. The van der Waals surface area contributed by atoms with Gasteiger partial charge in [-0.15, -0.1) is 0 Å². The molecule has 0 amide bonds. The molecular weight excluding hydrogens is 344 g/mol. The molecule has 4 aromatic rings. The van der Waals surface area contributed by atoms with Crippen LogP contribution < -0.4 is 5.32 Å². The molecule has 1 aliphatic heterocycles. The first-order valence-electron chi connectivity index (χ1n) is 10.0. The molecule has 0 aliphatic carbocycles. The van der Waals surface area contributed by atoms with Crippen LogP contribution in [0.15, 0.2) is 36.5 Å². The van der Waals surface area contributed by atoms with Crippen LogP contribution in [0.1, 0.15) is 33.5 Å². The minimum atomic E-state index is 0.869. The summed E-state index contributed by atoms with van der Waals surface area (Å²) >= 11 is 0. The molecule has 0 saturated carbocycles. The number of H-pyrrole nitrogens is 1.